The summed E-state index contributed by atoms with van der Waals surface area (Å²) in [5.41, 5.74) is 3.11. The predicted molar refractivity (Wildman–Crippen MR) is 162 cm³/mol. The van der Waals surface area contributed by atoms with Crippen LogP contribution in [0.3, 0.4) is 0 Å². The van der Waals surface area contributed by atoms with Gasteiger partial charge in [-0.05, 0) is 85.5 Å². The molecular formula is C35H27NO8. The highest BCUT2D eigenvalue weighted by Crippen LogP contribution is 2.28. The molecule has 0 aliphatic carbocycles. The Morgan fingerprint density at radius 2 is 1.55 bits per heavy atom. The molecule has 4 aromatic carbocycles. The number of rotatable bonds is 8. The standard InChI is InChI=1S/C35H27NO8/c1-20-4-5-21(2)29(16-20)44-31-19-42-30-18-25(11-13-27(30)32(31)37)43-35(40)23-8-12-26-28(17-23)34(39)36(33(26)38)15-14-22-6-9-24(41-3)10-7-22/h4-13,16-19H,14-15H2,1-3H3. The lowest BCUT2D eigenvalue weighted by Crippen LogP contribution is -2.31. The number of methoxy groups -OCH3 is 1. The van der Waals surface area contributed by atoms with E-state index in [-0.39, 0.29) is 51.1 Å². The van der Waals surface area contributed by atoms with Gasteiger partial charge >= 0.3 is 5.97 Å². The van der Waals surface area contributed by atoms with Crippen LogP contribution < -0.4 is 19.6 Å². The first kappa shape index (κ1) is 28.4. The summed E-state index contributed by atoms with van der Waals surface area (Å²) in [7, 11) is 1.58. The monoisotopic (exact) mass is 589 g/mol. The fourth-order valence-electron chi connectivity index (χ4n) is 4.98. The van der Waals surface area contributed by atoms with Gasteiger partial charge < -0.3 is 18.6 Å². The quantitative estimate of drug-likeness (QED) is 0.118. The van der Waals surface area contributed by atoms with Crippen molar-refractivity contribution in [3.05, 3.63) is 129 Å². The molecule has 0 bridgehead atoms. The van der Waals surface area contributed by atoms with Crippen molar-refractivity contribution >= 4 is 28.8 Å². The smallest absolute Gasteiger partial charge is 0.343 e. The van der Waals surface area contributed by atoms with Crippen molar-refractivity contribution in [1.29, 1.82) is 0 Å². The zero-order valence-electron chi connectivity index (χ0n) is 24.2. The van der Waals surface area contributed by atoms with Crippen molar-refractivity contribution in [3.8, 4) is 23.0 Å². The molecule has 2 amide bonds. The molecule has 1 aliphatic rings. The first-order valence-electron chi connectivity index (χ1n) is 13.9. The molecule has 0 saturated heterocycles. The molecule has 220 valence electrons. The van der Waals surface area contributed by atoms with Crippen LogP contribution in [0.2, 0.25) is 0 Å². The molecule has 9 nitrogen and oxygen atoms in total. The number of benzene rings is 4. The third kappa shape index (κ3) is 5.43. The molecule has 1 aliphatic heterocycles. The number of carbonyl (C=O) groups excluding carboxylic acids is 3. The van der Waals surface area contributed by atoms with Crippen molar-refractivity contribution in [2.45, 2.75) is 20.3 Å². The van der Waals surface area contributed by atoms with Crippen molar-refractivity contribution in [2.75, 3.05) is 13.7 Å². The van der Waals surface area contributed by atoms with Gasteiger partial charge in [-0.25, -0.2) is 4.79 Å². The predicted octanol–water partition coefficient (Wildman–Crippen LogP) is 6.27. The van der Waals surface area contributed by atoms with E-state index < -0.39 is 17.8 Å². The van der Waals surface area contributed by atoms with Crippen LogP contribution in [0.15, 0.2) is 94.3 Å². The van der Waals surface area contributed by atoms with E-state index >= 15 is 0 Å². The Labute approximate surface area is 252 Å². The lowest BCUT2D eigenvalue weighted by atomic mass is 10.1. The highest BCUT2D eigenvalue weighted by molar-refractivity contribution is 6.22. The van der Waals surface area contributed by atoms with Crippen LogP contribution in [0.25, 0.3) is 11.0 Å². The Hall–Kier alpha value is -5.70. The first-order chi connectivity index (χ1) is 21.2. The Bertz CT molecular complexity index is 2010. The number of nitrogens with zero attached hydrogens (tertiary/aromatic N) is 1. The highest BCUT2D eigenvalue weighted by atomic mass is 16.5. The summed E-state index contributed by atoms with van der Waals surface area (Å²) in [6, 6.07) is 21.7. The Balaban J connectivity index is 1.16. The van der Waals surface area contributed by atoms with Gasteiger partial charge in [-0.1, -0.05) is 24.3 Å². The van der Waals surface area contributed by atoms with Crippen molar-refractivity contribution in [1.82, 2.24) is 4.90 Å². The number of hydrogen-bond donors (Lipinski definition) is 0. The second kappa shape index (κ2) is 11.5. The van der Waals surface area contributed by atoms with E-state index in [9.17, 15) is 19.2 Å². The molecule has 0 N–H and O–H groups in total. The van der Waals surface area contributed by atoms with Crippen LogP contribution in [0.1, 0.15) is 47.8 Å². The molecule has 0 atom stereocenters. The number of carbonyl (C=O) groups is 3. The molecule has 2 heterocycles. The fraction of sp³-hybridized carbons (Fsp3) is 0.143. The number of esters is 1. The minimum Gasteiger partial charge on any atom is -0.497 e. The number of fused-ring (bicyclic) bond motifs is 2. The largest absolute Gasteiger partial charge is 0.497 e. The molecule has 1 aromatic heterocycles. The summed E-state index contributed by atoms with van der Waals surface area (Å²) < 4.78 is 22.2. The third-order valence-corrected chi connectivity index (χ3v) is 7.48. The number of aryl methyl sites for hydroxylation is 2. The van der Waals surface area contributed by atoms with Crippen LogP contribution in [0.5, 0.6) is 23.0 Å². The topological polar surface area (TPSA) is 112 Å². The van der Waals surface area contributed by atoms with Gasteiger partial charge in [-0.15, -0.1) is 0 Å². The molecule has 0 saturated carbocycles. The van der Waals surface area contributed by atoms with Crippen LogP contribution >= 0.6 is 0 Å². The summed E-state index contributed by atoms with van der Waals surface area (Å²) in [5.74, 6) is -0.180. The van der Waals surface area contributed by atoms with Crippen LogP contribution in [-0.4, -0.2) is 36.3 Å². The minimum absolute atomic E-state index is 0.0337. The van der Waals surface area contributed by atoms with E-state index in [0.29, 0.717) is 12.2 Å². The Kier molecular flexibility index (Phi) is 7.45. The molecule has 9 heteroatoms. The molecule has 0 spiro atoms. The van der Waals surface area contributed by atoms with Crippen LogP contribution in [0, 0.1) is 13.8 Å². The van der Waals surface area contributed by atoms with Gasteiger partial charge in [0.25, 0.3) is 11.8 Å². The number of hydrogen-bond acceptors (Lipinski definition) is 8. The van der Waals surface area contributed by atoms with Gasteiger partial charge in [-0.3, -0.25) is 19.3 Å². The molecular weight excluding hydrogens is 562 g/mol. The normalized spacial score (nSPS) is 12.4. The summed E-state index contributed by atoms with van der Waals surface area (Å²) in [5, 5.41) is 0.254. The molecule has 5 aromatic rings. The van der Waals surface area contributed by atoms with E-state index in [4.69, 9.17) is 18.6 Å². The molecule has 6 rings (SSSR count). The summed E-state index contributed by atoms with van der Waals surface area (Å²) in [6.07, 6.45) is 1.70. The molecule has 0 unspecified atom stereocenters. The van der Waals surface area contributed by atoms with Crippen LogP contribution in [0.4, 0.5) is 0 Å². The Morgan fingerprint density at radius 3 is 2.32 bits per heavy atom. The van der Waals surface area contributed by atoms with Gasteiger partial charge in [-0.2, -0.15) is 0 Å². The lowest BCUT2D eigenvalue weighted by Gasteiger charge is -2.13. The second-order valence-corrected chi connectivity index (χ2v) is 10.5. The van der Waals surface area contributed by atoms with Gasteiger partial charge in [0, 0.05) is 12.6 Å². The Morgan fingerprint density at radius 1 is 0.795 bits per heavy atom. The average Bonchev–Trinajstić information content (AvgIpc) is 3.27. The number of amides is 2. The van der Waals surface area contributed by atoms with E-state index in [1.54, 1.807) is 7.11 Å². The number of ether oxygens (including phenoxy) is 3. The maximum Gasteiger partial charge on any atom is 0.343 e. The molecule has 0 fully saturated rings. The summed E-state index contributed by atoms with van der Waals surface area (Å²) >= 11 is 0. The first-order valence-corrected chi connectivity index (χ1v) is 13.9. The zero-order valence-corrected chi connectivity index (χ0v) is 24.2. The van der Waals surface area contributed by atoms with Crippen molar-refractivity contribution in [2.24, 2.45) is 0 Å². The van der Waals surface area contributed by atoms with Crippen LogP contribution in [-0.2, 0) is 6.42 Å². The maximum absolute atomic E-state index is 13.1. The third-order valence-electron chi connectivity index (χ3n) is 7.48. The average molecular weight is 590 g/mol. The summed E-state index contributed by atoms with van der Waals surface area (Å²) in [6.45, 7) is 4.00. The summed E-state index contributed by atoms with van der Waals surface area (Å²) in [4.78, 5) is 53.3. The molecule has 0 radical (unpaired) electrons. The highest BCUT2D eigenvalue weighted by Gasteiger charge is 2.36. The lowest BCUT2D eigenvalue weighted by molar-refractivity contribution is 0.0655. The van der Waals surface area contributed by atoms with E-state index in [2.05, 4.69) is 0 Å². The van der Waals surface area contributed by atoms with Gasteiger partial charge in [0.05, 0.1) is 29.2 Å². The van der Waals surface area contributed by atoms with E-state index in [0.717, 1.165) is 22.4 Å². The van der Waals surface area contributed by atoms with Gasteiger partial charge in [0.2, 0.25) is 11.2 Å². The van der Waals surface area contributed by atoms with E-state index in [1.165, 1.54) is 47.6 Å². The van der Waals surface area contributed by atoms with Crippen molar-refractivity contribution in [3.63, 3.8) is 0 Å². The maximum atomic E-state index is 13.1. The fourth-order valence-corrected chi connectivity index (χ4v) is 4.98. The number of imide groups is 1. The van der Waals surface area contributed by atoms with Gasteiger partial charge in [0.15, 0.2) is 0 Å². The van der Waals surface area contributed by atoms with Crippen molar-refractivity contribution < 1.29 is 33.0 Å². The minimum atomic E-state index is -0.735. The van der Waals surface area contributed by atoms with Gasteiger partial charge in [0.1, 0.15) is 29.1 Å². The second-order valence-electron chi connectivity index (χ2n) is 10.5. The SMILES string of the molecule is COc1ccc(CCN2C(=O)c3ccc(C(=O)Oc4ccc5c(=O)c(Oc6cc(C)ccc6C)coc5c4)cc3C2=O)cc1. The van der Waals surface area contributed by atoms with E-state index in [1.807, 2.05) is 56.3 Å². The molecule has 44 heavy (non-hydrogen) atoms. The zero-order chi connectivity index (χ0) is 31.0.